The first kappa shape index (κ1) is 14.1. The van der Waals surface area contributed by atoms with E-state index in [1.54, 1.807) is 0 Å². The average molecular weight is 299 g/mol. The van der Waals surface area contributed by atoms with Crippen LogP contribution in [-0.2, 0) is 0 Å². The van der Waals surface area contributed by atoms with Crippen molar-refractivity contribution in [1.29, 1.82) is 0 Å². The number of hydrogen-bond acceptors (Lipinski definition) is 3. The summed E-state index contributed by atoms with van der Waals surface area (Å²) in [7, 11) is 0. The van der Waals surface area contributed by atoms with E-state index in [0.717, 1.165) is 12.1 Å². The molecular weight excluding hydrogens is 290 g/mol. The molecule has 2 aromatic carbocycles. The van der Waals surface area contributed by atoms with E-state index in [4.69, 9.17) is 27.3 Å². The fourth-order valence-corrected chi connectivity index (χ4v) is 1.61. The molecule has 0 amide bonds. The number of hydrogen-bond donors (Lipinski definition) is 2. The lowest BCUT2D eigenvalue weighted by molar-refractivity contribution is 0.318. The summed E-state index contributed by atoms with van der Waals surface area (Å²) in [4.78, 5) is 0. The van der Waals surface area contributed by atoms with Crippen LogP contribution in [0.5, 0.6) is 11.5 Å². The maximum atomic E-state index is 13.8. The highest BCUT2D eigenvalue weighted by atomic mass is 35.5. The van der Waals surface area contributed by atoms with Crippen molar-refractivity contribution in [3.05, 3.63) is 58.6 Å². The molecule has 0 aliphatic heterocycles. The van der Waals surface area contributed by atoms with Gasteiger partial charge in [0.1, 0.15) is 5.75 Å². The molecule has 2 rings (SSSR count). The van der Waals surface area contributed by atoms with Gasteiger partial charge in [-0.15, -0.1) is 0 Å². The highest BCUT2D eigenvalue weighted by molar-refractivity contribution is 6.30. The summed E-state index contributed by atoms with van der Waals surface area (Å²) in [5, 5.41) is 11.6. The summed E-state index contributed by atoms with van der Waals surface area (Å²) in [6.45, 7) is 0. The molecule has 0 bridgehead atoms. The number of oxime groups is 1. The molecule has 0 heterocycles. The van der Waals surface area contributed by atoms with Gasteiger partial charge in [-0.3, -0.25) is 0 Å². The largest absolute Gasteiger partial charge is 0.451 e. The Hall–Kier alpha value is -2.34. The quantitative estimate of drug-likeness (QED) is 0.394. The smallest absolute Gasteiger partial charge is 0.198 e. The van der Waals surface area contributed by atoms with E-state index >= 15 is 0 Å². The van der Waals surface area contributed by atoms with Crippen LogP contribution in [0.25, 0.3) is 0 Å². The first-order valence-electron chi connectivity index (χ1n) is 5.41. The Balaban J connectivity index is 2.35. The molecule has 0 atom stereocenters. The molecule has 3 N–H and O–H groups in total. The molecule has 0 fully saturated rings. The Morgan fingerprint density at radius 1 is 1.15 bits per heavy atom. The highest BCUT2D eigenvalue weighted by Gasteiger charge is 2.15. The summed E-state index contributed by atoms with van der Waals surface area (Å²) >= 11 is 5.69. The third-order valence-electron chi connectivity index (χ3n) is 2.44. The minimum Gasteiger partial charge on any atom is -0.451 e. The Labute approximate surface area is 118 Å². The molecule has 0 saturated carbocycles. The Kier molecular flexibility index (Phi) is 4.05. The lowest BCUT2D eigenvalue weighted by atomic mass is 10.2. The van der Waals surface area contributed by atoms with Crippen LogP contribution in [0.2, 0.25) is 5.02 Å². The third-order valence-corrected chi connectivity index (χ3v) is 2.69. The highest BCUT2D eigenvalue weighted by Crippen LogP contribution is 2.29. The number of halogens is 3. The van der Waals surface area contributed by atoms with Crippen molar-refractivity contribution in [3.63, 3.8) is 0 Å². The zero-order valence-corrected chi connectivity index (χ0v) is 10.7. The topological polar surface area (TPSA) is 67.8 Å². The first-order valence-corrected chi connectivity index (χ1v) is 5.79. The summed E-state index contributed by atoms with van der Waals surface area (Å²) in [6.07, 6.45) is 0. The number of amidine groups is 1. The van der Waals surface area contributed by atoms with Gasteiger partial charge in [0, 0.05) is 10.6 Å². The molecule has 0 aromatic heterocycles. The van der Waals surface area contributed by atoms with E-state index in [-0.39, 0.29) is 11.3 Å². The summed E-state index contributed by atoms with van der Waals surface area (Å²) in [5.74, 6) is -2.70. The molecule has 0 spiro atoms. The van der Waals surface area contributed by atoms with Crippen LogP contribution in [-0.4, -0.2) is 11.0 Å². The summed E-state index contributed by atoms with van der Waals surface area (Å²) in [5.41, 5.74) is 5.17. The van der Waals surface area contributed by atoms with Crippen LogP contribution < -0.4 is 10.5 Å². The van der Waals surface area contributed by atoms with Gasteiger partial charge in [0.05, 0.1) is 0 Å². The summed E-state index contributed by atoms with van der Waals surface area (Å²) < 4.78 is 32.7. The van der Waals surface area contributed by atoms with Crippen LogP contribution in [0.4, 0.5) is 8.78 Å². The van der Waals surface area contributed by atoms with Gasteiger partial charge >= 0.3 is 0 Å². The lowest BCUT2D eigenvalue weighted by Gasteiger charge is -2.09. The van der Waals surface area contributed by atoms with E-state index < -0.39 is 23.2 Å². The Bertz CT molecular complexity index is 637. The van der Waals surface area contributed by atoms with Crippen molar-refractivity contribution < 1.29 is 18.7 Å². The number of rotatable bonds is 3. The molecule has 0 unspecified atom stereocenters. The van der Waals surface area contributed by atoms with Crippen molar-refractivity contribution >= 4 is 17.4 Å². The van der Waals surface area contributed by atoms with Crippen LogP contribution in [0.15, 0.2) is 41.6 Å². The zero-order valence-electron chi connectivity index (χ0n) is 9.98. The van der Waals surface area contributed by atoms with Crippen molar-refractivity contribution in [2.75, 3.05) is 0 Å². The van der Waals surface area contributed by atoms with E-state index in [1.807, 2.05) is 0 Å². The maximum Gasteiger partial charge on any atom is 0.198 e. The van der Waals surface area contributed by atoms with Crippen LogP contribution in [0.1, 0.15) is 5.56 Å². The standard InChI is InChI=1S/C13H9ClF2N2O2/c14-8-1-3-9(4-2-8)20-12-10(15)5-7(6-11(12)16)13(17)18-19/h1-6,19H,(H2,17,18). The molecule has 0 aliphatic carbocycles. The van der Waals surface area contributed by atoms with Crippen LogP contribution >= 0.6 is 11.6 Å². The lowest BCUT2D eigenvalue weighted by Crippen LogP contribution is -2.14. The number of nitrogens with two attached hydrogens (primary N) is 1. The second kappa shape index (κ2) is 5.75. The SMILES string of the molecule is N/C(=N/O)c1cc(F)c(Oc2ccc(Cl)cc2)c(F)c1. The monoisotopic (exact) mass is 298 g/mol. The van der Waals surface area contributed by atoms with E-state index in [2.05, 4.69) is 5.16 Å². The van der Waals surface area contributed by atoms with Crippen LogP contribution in [0.3, 0.4) is 0 Å². The predicted molar refractivity (Wildman–Crippen MR) is 70.4 cm³/mol. The van der Waals surface area contributed by atoms with Gasteiger partial charge in [-0.25, -0.2) is 8.78 Å². The minimum atomic E-state index is -0.971. The Morgan fingerprint density at radius 2 is 1.70 bits per heavy atom. The predicted octanol–water partition coefficient (Wildman–Crippen LogP) is 3.51. The molecule has 20 heavy (non-hydrogen) atoms. The molecule has 0 radical (unpaired) electrons. The number of benzene rings is 2. The molecule has 4 nitrogen and oxygen atoms in total. The average Bonchev–Trinajstić information content (AvgIpc) is 2.43. The van der Waals surface area contributed by atoms with Gasteiger partial charge in [0.15, 0.2) is 23.2 Å². The fourth-order valence-electron chi connectivity index (χ4n) is 1.48. The van der Waals surface area contributed by atoms with E-state index in [9.17, 15) is 8.78 Å². The Morgan fingerprint density at radius 3 is 2.20 bits per heavy atom. The summed E-state index contributed by atoms with van der Waals surface area (Å²) in [6, 6.07) is 7.80. The molecule has 0 aliphatic rings. The number of nitrogens with zero attached hydrogens (tertiary/aromatic N) is 1. The second-order valence-electron chi connectivity index (χ2n) is 3.81. The molecule has 2 aromatic rings. The third kappa shape index (κ3) is 2.97. The molecular formula is C13H9ClF2N2O2. The zero-order chi connectivity index (χ0) is 14.7. The van der Waals surface area contributed by atoms with E-state index in [1.165, 1.54) is 24.3 Å². The van der Waals surface area contributed by atoms with E-state index in [0.29, 0.717) is 5.02 Å². The normalized spacial score (nSPS) is 11.4. The van der Waals surface area contributed by atoms with Gasteiger partial charge in [-0.2, -0.15) is 0 Å². The van der Waals surface area contributed by atoms with Crippen molar-refractivity contribution in [1.82, 2.24) is 0 Å². The molecule has 7 heteroatoms. The van der Waals surface area contributed by atoms with Crippen LogP contribution in [0, 0.1) is 11.6 Å². The van der Waals surface area contributed by atoms with Gasteiger partial charge < -0.3 is 15.7 Å². The first-order chi connectivity index (χ1) is 9.51. The molecule has 104 valence electrons. The van der Waals surface area contributed by atoms with Gasteiger partial charge in [0.25, 0.3) is 0 Å². The van der Waals surface area contributed by atoms with Crippen molar-refractivity contribution in [2.24, 2.45) is 10.9 Å². The molecule has 0 saturated heterocycles. The van der Waals surface area contributed by atoms with Crippen molar-refractivity contribution in [3.8, 4) is 11.5 Å². The van der Waals surface area contributed by atoms with Gasteiger partial charge in [-0.05, 0) is 36.4 Å². The maximum absolute atomic E-state index is 13.8. The number of ether oxygens (including phenoxy) is 1. The minimum absolute atomic E-state index is 0.0917. The van der Waals surface area contributed by atoms with Gasteiger partial charge in [-0.1, -0.05) is 16.8 Å². The van der Waals surface area contributed by atoms with Crippen molar-refractivity contribution in [2.45, 2.75) is 0 Å². The van der Waals surface area contributed by atoms with Gasteiger partial charge in [0.2, 0.25) is 0 Å². The second-order valence-corrected chi connectivity index (χ2v) is 4.25. The fraction of sp³-hybridized carbons (Fsp3) is 0.